The molecule has 1 aromatic rings. The minimum atomic E-state index is -0.879. The Kier molecular flexibility index (Phi) is 5.28. The molecular formula is C11H15BrN2O3S. The second kappa shape index (κ2) is 6.29. The molecule has 0 aromatic heterocycles. The lowest BCUT2D eigenvalue weighted by Gasteiger charge is -2.15. The molecule has 0 aliphatic rings. The summed E-state index contributed by atoms with van der Waals surface area (Å²) in [5.74, 6) is 0.530. The van der Waals surface area contributed by atoms with Gasteiger partial charge in [-0.05, 0) is 35.8 Å². The van der Waals surface area contributed by atoms with Crippen molar-refractivity contribution < 1.29 is 9.13 Å². The van der Waals surface area contributed by atoms with Crippen molar-refractivity contribution in [2.75, 3.05) is 17.3 Å². The van der Waals surface area contributed by atoms with E-state index in [1.807, 2.05) is 6.92 Å². The number of nitro benzene ring substituents is 1. The van der Waals surface area contributed by atoms with Crippen molar-refractivity contribution in [2.45, 2.75) is 19.9 Å². The molecule has 1 N–H and O–H groups in total. The largest absolute Gasteiger partial charge is 0.381 e. The summed E-state index contributed by atoms with van der Waals surface area (Å²) in [6.45, 7) is 3.61. The van der Waals surface area contributed by atoms with Crippen LogP contribution in [0.15, 0.2) is 16.6 Å². The summed E-state index contributed by atoms with van der Waals surface area (Å²) < 4.78 is 11.7. The fourth-order valence-electron chi connectivity index (χ4n) is 1.64. The molecule has 0 saturated heterocycles. The third kappa shape index (κ3) is 4.06. The smallest absolute Gasteiger partial charge is 0.273 e. The molecule has 100 valence electrons. The predicted octanol–water partition coefficient (Wildman–Crippen LogP) is 2.84. The van der Waals surface area contributed by atoms with Crippen LogP contribution in [0.3, 0.4) is 0 Å². The average Bonchev–Trinajstić information content (AvgIpc) is 2.21. The fraction of sp³-hybridized carbons (Fsp3) is 0.455. The van der Waals surface area contributed by atoms with Gasteiger partial charge in [-0.25, -0.2) is 0 Å². The van der Waals surface area contributed by atoms with Crippen LogP contribution in [-0.2, 0) is 10.8 Å². The molecule has 0 fully saturated rings. The molecule has 0 saturated carbocycles. The number of hydrogen-bond acceptors (Lipinski definition) is 4. The highest BCUT2D eigenvalue weighted by molar-refractivity contribution is 9.10. The van der Waals surface area contributed by atoms with E-state index in [1.54, 1.807) is 19.2 Å². The Balaban J connectivity index is 2.94. The number of nitro groups is 1. The van der Waals surface area contributed by atoms with E-state index in [9.17, 15) is 14.3 Å². The SMILES string of the molecule is Cc1cc(NC(C)CS(C)=O)c(Br)cc1[N+](=O)[O-]. The van der Waals surface area contributed by atoms with E-state index < -0.39 is 15.7 Å². The quantitative estimate of drug-likeness (QED) is 0.663. The molecule has 2 atom stereocenters. The van der Waals surface area contributed by atoms with Crippen LogP contribution in [0.5, 0.6) is 0 Å². The number of nitrogens with one attached hydrogen (secondary N) is 1. The Hall–Kier alpha value is -0.950. The van der Waals surface area contributed by atoms with Crippen molar-refractivity contribution in [1.29, 1.82) is 0 Å². The zero-order valence-corrected chi connectivity index (χ0v) is 12.8. The molecule has 0 bridgehead atoms. The summed E-state index contributed by atoms with van der Waals surface area (Å²) in [5.41, 5.74) is 1.45. The Morgan fingerprint density at radius 1 is 1.56 bits per heavy atom. The van der Waals surface area contributed by atoms with Crippen LogP contribution < -0.4 is 5.32 Å². The number of benzene rings is 1. The second-order valence-electron chi connectivity index (χ2n) is 4.16. The van der Waals surface area contributed by atoms with Gasteiger partial charge in [0.25, 0.3) is 5.69 Å². The van der Waals surface area contributed by atoms with Gasteiger partial charge in [0.2, 0.25) is 0 Å². The van der Waals surface area contributed by atoms with E-state index in [4.69, 9.17) is 0 Å². The van der Waals surface area contributed by atoms with Crippen LogP contribution >= 0.6 is 15.9 Å². The van der Waals surface area contributed by atoms with Crippen molar-refractivity contribution in [3.05, 3.63) is 32.3 Å². The predicted molar refractivity (Wildman–Crippen MR) is 77.6 cm³/mol. The topological polar surface area (TPSA) is 72.2 Å². The Morgan fingerprint density at radius 2 is 2.17 bits per heavy atom. The second-order valence-corrected chi connectivity index (χ2v) is 6.49. The standard InChI is InChI=1S/C11H15BrN2O3S/c1-7-4-10(13-8(2)6-18(3)17)9(12)5-11(7)14(15)16/h4-5,8,13H,6H2,1-3H3. The summed E-state index contributed by atoms with van der Waals surface area (Å²) >= 11 is 3.30. The van der Waals surface area contributed by atoms with Gasteiger partial charge < -0.3 is 5.32 Å². The molecule has 5 nitrogen and oxygen atoms in total. The first kappa shape index (κ1) is 15.1. The number of aryl methyl sites for hydroxylation is 1. The van der Waals surface area contributed by atoms with Crippen LogP contribution in [0.25, 0.3) is 0 Å². The molecule has 7 heteroatoms. The first-order valence-electron chi connectivity index (χ1n) is 5.32. The van der Waals surface area contributed by atoms with Gasteiger partial charge in [0.15, 0.2) is 0 Å². The number of hydrogen-bond donors (Lipinski definition) is 1. The Bertz CT molecular complexity index is 493. The van der Waals surface area contributed by atoms with E-state index in [-0.39, 0.29) is 11.7 Å². The summed E-state index contributed by atoms with van der Waals surface area (Å²) in [4.78, 5) is 10.4. The molecule has 0 heterocycles. The van der Waals surface area contributed by atoms with Crippen molar-refractivity contribution in [3.8, 4) is 0 Å². The van der Waals surface area contributed by atoms with Crippen LogP contribution in [0.4, 0.5) is 11.4 Å². The van der Waals surface area contributed by atoms with E-state index in [2.05, 4.69) is 21.2 Å². The highest BCUT2D eigenvalue weighted by Crippen LogP contribution is 2.30. The Morgan fingerprint density at radius 3 is 2.67 bits per heavy atom. The number of anilines is 1. The van der Waals surface area contributed by atoms with Gasteiger partial charge in [-0.2, -0.15) is 0 Å². The van der Waals surface area contributed by atoms with E-state index in [0.717, 1.165) is 5.69 Å². The maximum absolute atomic E-state index is 11.1. The molecule has 0 aliphatic heterocycles. The van der Waals surface area contributed by atoms with Gasteiger partial charge in [0, 0.05) is 50.6 Å². The summed E-state index contributed by atoms with van der Waals surface area (Å²) in [6.07, 6.45) is 1.65. The third-order valence-electron chi connectivity index (χ3n) is 2.37. The van der Waals surface area contributed by atoms with Gasteiger partial charge in [-0.15, -0.1) is 0 Å². The van der Waals surface area contributed by atoms with E-state index in [1.165, 1.54) is 6.07 Å². The van der Waals surface area contributed by atoms with E-state index in [0.29, 0.717) is 15.8 Å². The maximum Gasteiger partial charge on any atom is 0.273 e. The molecule has 0 radical (unpaired) electrons. The number of halogens is 1. The molecule has 0 aliphatic carbocycles. The minimum Gasteiger partial charge on any atom is -0.381 e. The summed E-state index contributed by atoms with van der Waals surface area (Å²) in [7, 11) is -0.879. The summed E-state index contributed by atoms with van der Waals surface area (Å²) in [6, 6.07) is 3.23. The van der Waals surface area contributed by atoms with Crippen molar-refractivity contribution in [2.24, 2.45) is 0 Å². The molecule has 1 aromatic carbocycles. The first-order chi connectivity index (χ1) is 8.31. The molecule has 0 spiro atoms. The maximum atomic E-state index is 11.1. The lowest BCUT2D eigenvalue weighted by Crippen LogP contribution is -2.22. The minimum absolute atomic E-state index is 0.0352. The van der Waals surface area contributed by atoms with Crippen LogP contribution in [0.1, 0.15) is 12.5 Å². The van der Waals surface area contributed by atoms with Crippen molar-refractivity contribution in [3.63, 3.8) is 0 Å². The number of rotatable bonds is 5. The van der Waals surface area contributed by atoms with E-state index >= 15 is 0 Å². The van der Waals surface area contributed by atoms with Gasteiger partial charge in [-0.3, -0.25) is 14.3 Å². The zero-order valence-electron chi connectivity index (χ0n) is 10.4. The van der Waals surface area contributed by atoms with Crippen LogP contribution in [0.2, 0.25) is 0 Å². The lowest BCUT2D eigenvalue weighted by atomic mass is 10.1. The zero-order chi connectivity index (χ0) is 13.9. The van der Waals surface area contributed by atoms with Crippen LogP contribution in [0, 0.1) is 17.0 Å². The molecular weight excluding hydrogens is 320 g/mol. The lowest BCUT2D eigenvalue weighted by molar-refractivity contribution is -0.385. The van der Waals surface area contributed by atoms with Crippen molar-refractivity contribution in [1.82, 2.24) is 0 Å². The van der Waals surface area contributed by atoms with Gasteiger partial charge in [0.05, 0.1) is 4.92 Å². The molecule has 0 amide bonds. The third-order valence-corrected chi connectivity index (χ3v) is 3.99. The normalized spacial score (nSPS) is 14.0. The van der Waals surface area contributed by atoms with Gasteiger partial charge in [-0.1, -0.05) is 0 Å². The highest BCUT2D eigenvalue weighted by Gasteiger charge is 2.15. The molecule has 2 unspecified atom stereocenters. The van der Waals surface area contributed by atoms with Crippen molar-refractivity contribution >= 4 is 38.1 Å². The Labute approximate surface area is 117 Å². The molecule has 1 rings (SSSR count). The average molecular weight is 335 g/mol. The summed E-state index contributed by atoms with van der Waals surface area (Å²) in [5, 5.41) is 14.0. The van der Waals surface area contributed by atoms with Gasteiger partial charge in [0.1, 0.15) is 0 Å². The fourth-order valence-corrected chi connectivity index (χ4v) is 2.87. The van der Waals surface area contributed by atoms with Crippen LogP contribution in [-0.4, -0.2) is 27.2 Å². The highest BCUT2D eigenvalue weighted by atomic mass is 79.9. The first-order valence-corrected chi connectivity index (χ1v) is 7.84. The monoisotopic (exact) mass is 334 g/mol. The van der Waals surface area contributed by atoms with Gasteiger partial charge >= 0.3 is 0 Å². The molecule has 18 heavy (non-hydrogen) atoms. The number of nitrogens with zero attached hydrogens (tertiary/aromatic N) is 1.